The van der Waals surface area contributed by atoms with Gasteiger partial charge in [0.25, 0.3) is 0 Å². The normalized spacial score (nSPS) is 16.3. The number of nitrogens with zero attached hydrogens (tertiary/aromatic N) is 2. The Labute approximate surface area is 106 Å². The first-order chi connectivity index (χ1) is 8.31. The number of aromatic nitrogens is 2. The zero-order chi connectivity index (χ0) is 12.1. The van der Waals surface area contributed by atoms with Gasteiger partial charge in [-0.2, -0.15) is 4.98 Å². The lowest BCUT2D eigenvalue weighted by Crippen LogP contribution is -2.03. The van der Waals surface area contributed by atoms with E-state index in [-0.39, 0.29) is 0 Å². The van der Waals surface area contributed by atoms with Crippen LogP contribution in [0.25, 0.3) is 0 Å². The van der Waals surface area contributed by atoms with Gasteiger partial charge in [0.1, 0.15) is 17.0 Å². The van der Waals surface area contributed by atoms with E-state index in [2.05, 4.69) is 9.97 Å². The summed E-state index contributed by atoms with van der Waals surface area (Å²) in [4.78, 5) is 8.27. The Hall–Kier alpha value is -0.970. The largest absolute Gasteiger partial charge is 0.476 e. The van der Waals surface area contributed by atoms with Crippen molar-refractivity contribution in [1.82, 2.24) is 9.97 Å². The van der Waals surface area contributed by atoms with Crippen molar-refractivity contribution in [3.8, 4) is 5.88 Å². The van der Waals surface area contributed by atoms with E-state index in [1.54, 1.807) is 11.8 Å². The van der Waals surface area contributed by atoms with E-state index in [1.165, 1.54) is 32.0 Å². The molecule has 5 heteroatoms. The molecule has 0 radical (unpaired) electrons. The summed E-state index contributed by atoms with van der Waals surface area (Å²) in [5.74, 6) is 2.44. The van der Waals surface area contributed by atoms with Gasteiger partial charge in [-0.25, -0.2) is 4.98 Å². The number of nitrogen functional groups attached to an aromatic ring is 1. The molecule has 0 unspecified atom stereocenters. The number of nitrogens with two attached hydrogens (primary N) is 1. The van der Waals surface area contributed by atoms with Crippen molar-refractivity contribution < 1.29 is 4.74 Å². The number of anilines is 1. The third-order valence-corrected chi connectivity index (χ3v) is 4.26. The van der Waals surface area contributed by atoms with Gasteiger partial charge in [0, 0.05) is 5.75 Å². The van der Waals surface area contributed by atoms with E-state index in [0.717, 1.165) is 16.7 Å². The van der Waals surface area contributed by atoms with Crippen molar-refractivity contribution in [3.63, 3.8) is 0 Å². The molecule has 2 rings (SSSR count). The van der Waals surface area contributed by atoms with E-state index in [9.17, 15) is 0 Å². The third-order valence-electron chi connectivity index (χ3n) is 3.02. The van der Waals surface area contributed by atoms with Crippen LogP contribution in [0.2, 0.25) is 0 Å². The Morgan fingerprint density at radius 2 is 2.18 bits per heavy atom. The van der Waals surface area contributed by atoms with Gasteiger partial charge < -0.3 is 10.5 Å². The fraction of sp³-hybridized carbons (Fsp3) is 0.667. The molecule has 1 heterocycles. The summed E-state index contributed by atoms with van der Waals surface area (Å²) >= 11 is 1.73. The lowest BCUT2D eigenvalue weighted by atomic mass is 10.1. The van der Waals surface area contributed by atoms with Gasteiger partial charge >= 0.3 is 0 Å². The Balaban J connectivity index is 1.97. The van der Waals surface area contributed by atoms with Gasteiger partial charge in [0.2, 0.25) is 5.88 Å². The average Bonchev–Trinajstić information content (AvgIpc) is 2.83. The smallest absolute Gasteiger partial charge is 0.241 e. The highest BCUT2D eigenvalue weighted by molar-refractivity contribution is 7.99. The lowest BCUT2D eigenvalue weighted by molar-refractivity contribution is 0.327. The second-order valence-electron chi connectivity index (χ2n) is 4.29. The van der Waals surface area contributed by atoms with Crippen LogP contribution in [0.4, 0.5) is 5.69 Å². The molecule has 1 aromatic rings. The number of ether oxygens (including phenoxy) is 1. The highest BCUT2D eigenvalue weighted by Crippen LogP contribution is 2.34. The molecule has 4 nitrogen and oxygen atoms in total. The molecule has 0 amide bonds. The molecule has 2 N–H and O–H groups in total. The van der Waals surface area contributed by atoms with E-state index in [4.69, 9.17) is 10.5 Å². The van der Waals surface area contributed by atoms with Crippen LogP contribution in [0.15, 0.2) is 11.4 Å². The van der Waals surface area contributed by atoms with Gasteiger partial charge in [-0.15, -0.1) is 11.8 Å². The van der Waals surface area contributed by atoms with E-state index in [0.29, 0.717) is 18.2 Å². The Morgan fingerprint density at radius 3 is 2.88 bits per heavy atom. The zero-order valence-electron chi connectivity index (χ0n) is 10.2. The minimum atomic E-state index is 0.511. The maximum Gasteiger partial charge on any atom is 0.241 e. The fourth-order valence-electron chi connectivity index (χ4n) is 2.10. The second kappa shape index (κ2) is 6.10. The molecule has 17 heavy (non-hydrogen) atoms. The van der Waals surface area contributed by atoms with Crippen molar-refractivity contribution in [2.75, 3.05) is 18.1 Å². The van der Waals surface area contributed by atoms with Crippen LogP contribution in [0.5, 0.6) is 5.88 Å². The minimum absolute atomic E-state index is 0.511. The fourth-order valence-corrected chi connectivity index (χ4v) is 3.20. The number of thioether (sulfide) groups is 1. The summed E-state index contributed by atoms with van der Waals surface area (Å²) in [6.45, 7) is 2.50. The molecule has 0 atom stereocenters. The quantitative estimate of drug-likeness (QED) is 0.646. The van der Waals surface area contributed by atoms with Crippen LogP contribution in [0.3, 0.4) is 0 Å². The standard InChI is InChI=1S/C12H19N3OS/c1-2-16-11-10(13)12(15-8-14-11)17-7-9-5-3-4-6-9/h8-9H,2-7,13H2,1H3. The lowest BCUT2D eigenvalue weighted by Gasteiger charge is -2.11. The van der Waals surface area contributed by atoms with Crippen LogP contribution in [-0.4, -0.2) is 22.3 Å². The van der Waals surface area contributed by atoms with E-state index in [1.807, 2.05) is 6.92 Å². The van der Waals surface area contributed by atoms with Crippen LogP contribution >= 0.6 is 11.8 Å². The molecule has 0 aromatic carbocycles. The number of hydrogen-bond donors (Lipinski definition) is 1. The Morgan fingerprint density at radius 1 is 1.41 bits per heavy atom. The number of hydrogen-bond acceptors (Lipinski definition) is 5. The number of rotatable bonds is 5. The van der Waals surface area contributed by atoms with Gasteiger partial charge in [0.15, 0.2) is 0 Å². The van der Waals surface area contributed by atoms with Crippen molar-refractivity contribution in [1.29, 1.82) is 0 Å². The molecule has 94 valence electrons. The van der Waals surface area contributed by atoms with Crippen molar-refractivity contribution in [2.45, 2.75) is 37.6 Å². The molecule has 1 aliphatic carbocycles. The molecule has 0 spiro atoms. The van der Waals surface area contributed by atoms with Gasteiger partial charge in [-0.1, -0.05) is 12.8 Å². The molecule has 0 bridgehead atoms. The topological polar surface area (TPSA) is 61.0 Å². The molecular formula is C12H19N3OS. The zero-order valence-corrected chi connectivity index (χ0v) is 11.0. The van der Waals surface area contributed by atoms with E-state index < -0.39 is 0 Å². The van der Waals surface area contributed by atoms with Crippen molar-refractivity contribution in [3.05, 3.63) is 6.33 Å². The van der Waals surface area contributed by atoms with Gasteiger partial charge in [0.05, 0.1) is 6.61 Å². The minimum Gasteiger partial charge on any atom is -0.476 e. The molecular weight excluding hydrogens is 234 g/mol. The molecule has 0 aliphatic heterocycles. The highest BCUT2D eigenvalue weighted by Gasteiger charge is 2.17. The predicted molar refractivity (Wildman–Crippen MR) is 70.3 cm³/mol. The summed E-state index contributed by atoms with van der Waals surface area (Å²) in [5.41, 5.74) is 6.56. The van der Waals surface area contributed by atoms with Crippen LogP contribution in [-0.2, 0) is 0 Å². The van der Waals surface area contributed by atoms with Gasteiger partial charge in [-0.05, 0) is 25.7 Å². The van der Waals surface area contributed by atoms with Crippen LogP contribution < -0.4 is 10.5 Å². The summed E-state index contributed by atoms with van der Waals surface area (Å²) < 4.78 is 5.36. The van der Waals surface area contributed by atoms with Gasteiger partial charge in [-0.3, -0.25) is 0 Å². The van der Waals surface area contributed by atoms with Crippen LogP contribution in [0.1, 0.15) is 32.6 Å². The Kier molecular flexibility index (Phi) is 4.48. The monoisotopic (exact) mass is 253 g/mol. The average molecular weight is 253 g/mol. The maximum atomic E-state index is 5.98. The van der Waals surface area contributed by atoms with Crippen molar-refractivity contribution >= 4 is 17.4 Å². The van der Waals surface area contributed by atoms with Crippen LogP contribution in [0, 0.1) is 5.92 Å². The predicted octanol–water partition coefficient (Wildman–Crippen LogP) is 2.74. The second-order valence-corrected chi connectivity index (χ2v) is 5.30. The molecule has 1 saturated carbocycles. The first-order valence-electron chi connectivity index (χ1n) is 6.17. The van der Waals surface area contributed by atoms with Crippen molar-refractivity contribution in [2.24, 2.45) is 5.92 Å². The SMILES string of the molecule is CCOc1ncnc(SCC2CCCC2)c1N. The summed E-state index contributed by atoms with van der Waals surface area (Å²) in [7, 11) is 0. The summed E-state index contributed by atoms with van der Waals surface area (Å²) in [6, 6.07) is 0. The first-order valence-corrected chi connectivity index (χ1v) is 7.16. The third kappa shape index (κ3) is 3.25. The van der Waals surface area contributed by atoms with E-state index >= 15 is 0 Å². The highest BCUT2D eigenvalue weighted by atomic mass is 32.2. The first kappa shape index (κ1) is 12.5. The molecule has 1 aliphatic rings. The Bertz CT molecular complexity index is 367. The molecule has 1 fully saturated rings. The molecule has 1 aromatic heterocycles. The maximum absolute atomic E-state index is 5.98. The summed E-state index contributed by atoms with van der Waals surface area (Å²) in [5, 5.41) is 0.857. The molecule has 0 saturated heterocycles. The summed E-state index contributed by atoms with van der Waals surface area (Å²) in [6.07, 6.45) is 6.95.